The van der Waals surface area contributed by atoms with Crippen LogP contribution >= 0.6 is 11.6 Å². The summed E-state index contributed by atoms with van der Waals surface area (Å²) in [6.07, 6.45) is 3.50. The zero-order chi connectivity index (χ0) is 27.4. The lowest BCUT2D eigenvalue weighted by Gasteiger charge is -2.14. The lowest BCUT2D eigenvalue weighted by molar-refractivity contribution is -0.139. The summed E-state index contributed by atoms with van der Waals surface area (Å²) in [5, 5.41) is 13.0. The maximum atomic E-state index is 12.9. The molecule has 0 fully saturated rings. The van der Waals surface area contributed by atoms with Crippen LogP contribution in [0.3, 0.4) is 0 Å². The van der Waals surface area contributed by atoms with Crippen molar-refractivity contribution >= 4 is 29.1 Å². The van der Waals surface area contributed by atoms with Crippen LogP contribution in [0.5, 0.6) is 5.75 Å². The largest absolute Gasteiger partial charge is 0.489 e. The third-order valence-corrected chi connectivity index (χ3v) is 6.62. The Labute approximate surface area is 230 Å². The second kappa shape index (κ2) is 11.4. The van der Waals surface area contributed by atoms with Crippen LogP contribution in [-0.4, -0.2) is 32.4 Å². The molecular formula is C31H26ClN3O4. The van der Waals surface area contributed by atoms with Gasteiger partial charge in [0, 0.05) is 23.8 Å². The molecule has 39 heavy (non-hydrogen) atoms. The molecule has 2 aromatic heterocycles. The molecule has 0 saturated heterocycles. The number of aromatic nitrogens is 2. The minimum atomic E-state index is -1.13. The van der Waals surface area contributed by atoms with Gasteiger partial charge >= 0.3 is 5.97 Å². The van der Waals surface area contributed by atoms with Gasteiger partial charge in [0.15, 0.2) is 0 Å². The predicted molar refractivity (Wildman–Crippen MR) is 150 cm³/mol. The molecule has 0 aliphatic heterocycles. The van der Waals surface area contributed by atoms with Crippen LogP contribution in [0, 0.1) is 6.92 Å². The van der Waals surface area contributed by atoms with E-state index >= 15 is 0 Å². The smallest absolute Gasteiger partial charge is 0.326 e. The average molecular weight is 540 g/mol. The third kappa shape index (κ3) is 6.45. The molecule has 0 bridgehead atoms. The second-order valence-corrected chi connectivity index (χ2v) is 9.74. The Morgan fingerprint density at radius 3 is 2.33 bits per heavy atom. The van der Waals surface area contributed by atoms with Gasteiger partial charge in [0.2, 0.25) is 0 Å². The normalized spacial score (nSPS) is 11.7. The average Bonchev–Trinajstić information content (AvgIpc) is 3.37. The summed E-state index contributed by atoms with van der Waals surface area (Å²) in [4.78, 5) is 29.3. The minimum Gasteiger partial charge on any atom is -0.489 e. The summed E-state index contributed by atoms with van der Waals surface area (Å²) in [5.41, 5.74) is 5.60. The zero-order valence-electron chi connectivity index (χ0n) is 21.2. The molecule has 2 N–H and O–H groups in total. The number of pyridine rings is 1. The number of fused-ring (bicyclic) bond motifs is 1. The van der Waals surface area contributed by atoms with Crippen LogP contribution < -0.4 is 10.1 Å². The Balaban J connectivity index is 1.23. The number of nitrogens with one attached hydrogen (secondary N) is 1. The van der Waals surface area contributed by atoms with Crippen molar-refractivity contribution in [2.75, 3.05) is 0 Å². The Hall–Kier alpha value is -4.62. The molecule has 0 spiro atoms. The van der Waals surface area contributed by atoms with Crippen LogP contribution in [0.2, 0.25) is 5.02 Å². The van der Waals surface area contributed by atoms with E-state index in [-0.39, 0.29) is 12.1 Å². The first-order valence-electron chi connectivity index (χ1n) is 12.4. The molecule has 3 aromatic carbocycles. The molecule has 0 aliphatic rings. The van der Waals surface area contributed by atoms with Crippen molar-refractivity contribution in [2.45, 2.75) is 26.0 Å². The molecule has 5 rings (SSSR count). The van der Waals surface area contributed by atoms with Gasteiger partial charge in [-0.1, -0.05) is 65.7 Å². The maximum absolute atomic E-state index is 12.9. The number of aryl methyl sites for hydroxylation is 1. The number of carbonyl (C=O) groups is 2. The molecule has 1 atom stereocenters. The SMILES string of the molecule is Cc1ccc(COc2ccc(C[C@H](NC(=O)c3cn4ccc(-c5ccc(Cl)cc5)cc4n3)C(=O)O)cc2)cc1. The Morgan fingerprint density at radius 2 is 1.64 bits per heavy atom. The molecular weight excluding hydrogens is 514 g/mol. The number of ether oxygens (including phenoxy) is 1. The number of nitrogens with zero attached hydrogens (tertiary/aromatic N) is 2. The van der Waals surface area contributed by atoms with Gasteiger partial charge in [0.05, 0.1) is 0 Å². The quantitative estimate of drug-likeness (QED) is 0.241. The number of carbonyl (C=O) groups excluding carboxylic acids is 1. The number of aliphatic carboxylic acids is 1. The molecule has 0 aliphatic carbocycles. The number of carboxylic acids is 1. The topological polar surface area (TPSA) is 92.9 Å². The summed E-state index contributed by atoms with van der Waals surface area (Å²) in [5.74, 6) is -1.01. The molecule has 1 amide bonds. The number of imidazole rings is 1. The maximum Gasteiger partial charge on any atom is 0.326 e. The number of carboxylic acid groups (broad SMARTS) is 1. The van der Waals surface area contributed by atoms with Crippen molar-refractivity contribution < 1.29 is 19.4 Å². The third-order valence-electron chi connectivity index (χ3n) is 6.36. The van der Waals surface area contributed by atoms with Crippen molar-refractivity contribution in [3.8, 4) is 16.9 Å². The number of rotatable bonds is 9. The lowest BCUT2D eigenvalue weighted by Crippen LogP contribution is -2.42. The minimum absolute atomic E-state index is 0.118. The van der Waals surface area contributed by atoms with Gasteiger partial charge in [-0.2, -0.15) is 0 Å². The highest BCUT2D eigenvalue weighted by molar-refractivity contribution is 6.30. The van der Waals surface area contributed by atoms with Gasteiger partial charge in [0.1, 0.15) is 29.7 Å². The predicted octanol–water partition coefficient (Wildman–Crippen LogP) is 5.97. The zero-order valence-corrected chi connectivity index (χ0v) is 21.9. The highest BCUT2D eigenvalue weighted by atomic mass is 35.5. The summed E-state index contributed by atoms with van der Waals surface area (Å²) in [7, 11) is 0. The van der Waals surface area contributed by atoms with E-state index in [1.54, 1.807) is 41.1 Å². The molecule has 0 saturated carbocycles. The molecule has 7 nitrogen and oxygen atoms in total. The summed E-state index contributed by atoms with van der Waals surface area (Å²) >= 11 is 5.98. The number of amides is 1. The Bertz CT molecular complexity index is 1610. The van der Waals surface area contributed by atoms with Crippen LogP contribution in [0.1, 0.15) is 27.2 Å². The van der Waals surface area contributed by atoms with Crippen molar-refractivity contribution in [1.82, 2.24) is 14.7 Å². The number of hydrogen-bond acceptors (Lipinski definition) is 4. The van der Waals surface area contributed by atoms with Crippen LogP contribution in [0.4, 0.5) is 0 Å². The van der Waals surface area contributed by atoms with Gasteiger partial charge in [-0.15, -0.1) is 0 Å². The first-order chi connectivity index (χ1) is 18.8. The van der Waals surface area contributed by atoms with Gasteiger partial charge in [-0.25, -0.2) is 9.78 Å². The van der Waals surface area contributed by atoms with Gasteiger partial charge in [0.25, 0.3) is 5.91 Å². The highest BCUT2D eigenvalue weighted by Gasteiger charge is 2.23. The van der Waals surface area contributed by atoms with E-state index in [1.807, 2.05) is 67.6 Å². The second-order valence-electron chi connectivity index (χ2n) is 9.30. The van der Waals surface area contributed by atoms with E-state index in [0.29, 0.717) is 23.0 Å². The van der Waals surface area contributed by atoms with Gasteiger partial charge < -0.3 is 19.6 Å². The molecule has 0 radical (unpaired) electrons. The van der Waals surface area contributed by atoms with Crippen molar-refractivity contribution in [2.24, 2.45) is 0 Å². The van der Waals surface area contributed by atoms with Crippen molar-refractivity contribution in [3.63, 3.8) is 0 Å². The Kier molecular flexibility index (Phi) is 7.61. The van der Waals surface area contributed by atoms with Gasteiger partial charge in [-0.05, 0) is 65.6 Å². The molecule has 196 valence electrons. The summed E-state index contributed by atoms with van der Waals surface area (Å²) < 4.78 is 7.55. The molecule has 0 unspecified atom stereocenters. The summed E-state index contributed by atoms with van der Waals surface area (Å²) in [6, 6.07) is 25.4. The monoisotopic (exact) mass is 539 g/mol. The standard InChI is InChI=1S/C31H26ClN3O4/c1-20-2-4-22(5-3-20)19-39-26-12-6-21(7-13-26)16-27(31(37)38)34-30(36)28-18-35-15-14-24(17-29(35)33-28)23-8-10-25(32)11-9-23/h2-15,17-18,27H,16,19H2,1H3,(H,34,36)(H,37,38)/t27-/m0/s1. The van der Waals surface area contributed by atoms with Crippen molar-refractivity contribution in [1.29, 1.82) is 0 Å². The van der Waals surface area contributed by atoms with E-state index in [4.69, 9.17) is 16.3 Å². The highest BCUT2D eigenvalue weighted by Crippen LogP contribution is 2.23. The molecule has 5 aromatic rings. The van der Waals surface area contributed by atoms with Crippen LogP contribution in [0.25, 0.3) is 16.8 Å². The van der Waals surface area contributed by atoms with Gasteiger partial charge in [-0.3, -0.25) is 4.79 Å². The van der Waals surface area contributed by atoms with Crippen LogP contribution in [0.15, 0.2) is 97.3 Å². The van der Waals surface area contributed by atoms with Crippen molar-refractivity contribution in [3.05, 3.63) is 125 Å². The summed E-state index contributed by atoms with van der Waals surface area (Å²) in [6.45, 7) is 2.47. The fraction of sp³-hybridized carbons (Fsp3) is 0.129. The van der Waals surface area contributed by atoms with E-state index < -0.39 is 17.9 Å². The number of hydrogen-bond donors (Lipinski definition) is 2. The fourth-order valence-corrected chi connectivity index (χ4v) is 4.28. The lowest BCUT2D eigenvalue weighted by atomic mass is 10.1. The molecule has 2 heterocycles. The van der Waals surface area contributed by atoms with E-state index in [1.165, 1.54) is 5.56 Å². The molecule has 8 heteroatoms. The van der Waals surface area contributed by atoms with E-state index in [9.17, 15) is 14.7 Å². The fourth-order valence-electron chi connectivity index (χ4n) is 4.15. The van der Waals surface area contributed by atoms with Crippen LogP contribution in [-0.2, 0) is 17.8 Å². The first-order valence-corrected chi connectivity index (χ1v) is 12.8. The van der Waals surface area contributed by atoms with E-state index in [0.717, 1.165) is 22.3 Å². The Morgan fingerprint density at radius 1 is 0.949 bits per heavy atom. The number of benzene rings is 3. The first kappa shape index (κ1) is 26.0. The van der Waals surface area contributed by atoms with E-state index in [2.05, 4.69) is 10.3 Å². The number of halogens is 1.